The molecule has 0 bridgehead atoms. The predicted molar refractivity (Wildman–Crippen MR) is 93.7 cm³/mol. The molecule has 0 saturated carbocycles. The maximum absolute atomic E-state index is 12.9. The standard InChI is InChI=1S/C19H21FN2O3/c1-14(23)22(13-15-5-3-4-6-18(15)25-2)12-11-19(24)21-17-9-7-16(20)8-10-17/h3-10H,11-13H2,1-2H3,(H,21,24). The molecule has 0 atom stereocenters. The number of nitrogens with zero attached hydrogens (tertiary/aromatic N) is 1. The Morgan fingerprint density at radius 1 is 1.12 bits per heavy atom. The summed E-state index contributed by atoms with van der Waals surface area (Å²) < 4.78 is 18.2. The van der Waals surface area contributed by atoms with Crippen LogP contribution in [0.25, 0.3) is 0 Å². The lowest BCUT2D eigenvalue weighted by molar-refractivity contribution is -0.129. The third-order valence-corrected chi connectivity index (χ3v) is 3.74. The first-order valence-electron chi connectivity index (χ1n) is 7.92. The molecule has 6 heteroatoms. The van der Waals surface area contributed by atoms with E-state index in [9.17, 15) is 14.0 Å². The number of amides is 2. The molecule has 5 nitrogen and oxygen atoms in total. The van der Waals surface area contributed by atoms with E-state index in [2.05, 4.69) is 5.32 Å². The summed E-state index contributed by atoms with van der Waals surface area (Å²) in [5.74, 6) is -0.0274. The fourth-order valence-electron chi connectivity index (χ4n) is 2.38. The van der Waals surface area contributed by atoms with Crippen molar-refractivity contribution in [3.63, 3.8) is 0 Å². The van der Waals surface area contributed by atoms with Crippen LogP contribution in [0.1, 0.15) is 18.9 Å². The fraction of sp³-hybridized carbons (Fsp3) is 0.263. The molecule has 2 rings (SSSR count). The van der Waals surface area contributed by atoms with Gasteiger partial charge in [0.2, 0.25) is 11.8 Å². The van der Waals surface area contributed by atoms with Gasteiger partial charge < -0.3 is 15.0 Å². The third-order valence-electron chi connectivity index (χ3n) is 3.74. The first kappa shape index (κ1) is 18.4. The van der Waals surface area contributed by atoms with E-state index in [0.29, 0.717) is 18.0 Å². The molecule has 2 amide bonds. The van der Waals surface area contributed by atoms with E-state index in [-0.39, 0.29) is 30.6 Å². The number of halogens is 1. The third kappa shape index (κ3) is 5.60. The van der Waals surface area contributed by atoms with Gasteiger partial charge >= 0.3 is 0 Å². The van der Waals surface area contributed by atoms with E-state index < -0.39 is 0 Å². The number of anilines is 1. The Kier molecular flexibility index (Phi) is 6.51. The Morgan fingerprint density at radius 2 is 1.80 bits per heavy atom. The molecule has 0 spiro atoms. The summed E-state index contributed by atoms with van der Waals surface area (Å²) in [4.78, 5) is 25.5. The van der Waals surface area contributed by atoms with Crippen LogP contribution < -0.4 is 10.1 Å². The molecular weight excluding hydrogens is 323 g/mol. The maximum Gasteiger partial charge on any atom is 0.226 e. The van der Waals surface area contributed by atoms with Crippen molar-refractivity contribution in [1.82, 2.24) is 4.90 Å². The summed E-state index contributed by atoms with van der Waals surface area (Å²) in [6.07, 6.45) is 0.145. The van der Waals surface area contributed by atoms with Gasteiger partial charge in [0.1, 0.15) is 11.6 Å². The van der Waals surface area contributed by atoms with Crippen molar-refractivity contribution < 1.29 is 18.7 Å². The first-order valence-corrected chi connectivity index (χ1v) is 7.92. The normalized spacial score (nSPS) is 10.2. The Hall–Kier alpha value is -2.89. The Morgan fingerprint density at radius 3 is 2.44 bits per heavy atom. The second kappa shape index (κ2) is 8.82. The molecule has 0 heterocycles. The zero-order chi connectivity index (χ0) is 18.2. The maximum atomic E-state index is 12.9. The van der Waals surface area contributed by atoms with Crippen LogP contribution in [0.15, 0.2) is 48.5 Å². The van der Waals surface area contributed by atoms with E-state index in [1.54, 1.807) is 12.0 Å². The van der Waals surface area contributed by atoms with Gasteiger partial charge in [0, 0.05) is 37.7 Å². The first-order chi connectivity index (χ1) is 12.0. The smallest absolute Gasteiger partial charge is 0.226 e. The number of methoxy groups -OCH3 is 1. The number of carbonyl (C=O) groups is 2. The van der Waals surface area contributed by atoms with Gasteiger partial charge in [0.05, 0.1) is 7.11 Å². The Labute approximate surface area is 146 Å². The molecule has 0 fully saturated rings. The molecule has 2 aromatic rings. The van der Waals surface area contributed by atoms with Crippen LogP contribution in [0.5, 0.6) is 5.75 Å². The summed E-state index contributed by atoms with van der Waals surface area (Å²) in [6.45, 7) is 2.11. The van der Waals surface area contributed by atoms with Crippen LogP contribution in [0.4, 0.5) is 10.1 Å². The van der Waals surface area contributed by atoms with E-state index in [1.165, 1.54) is 31.2 Å². The molecule has 132 valence electrons. The number of rotatable bonds is 7. The van der Waals surface area contributed by atoms with Crippen LogP contribution in [0, 0.1) is 5.82 Å². The van der Waals surface area contributed by atoms with Gasteiger partial charge in [0.25, 0.3) is 0 Å². The molecule has 0 saturated heterocycles. The second-order valence-electron chi connectivity index (χ2n) is 5.56. The molecule has 0 aliphatic heterocycles. The number of benzene rings is 2. The van der Waals surface area contributed by atoms with E-state index in [1.807, 2.05) is 24.3 Å². The topological polar surface area (TPSA) is 58.6 Å². The van der Waals surface area contributed by atoms with Crippen molar-refractivity contribution in [1.29, 1.82) is 0 Å². The predicted octanol–water partition coefficient (Wildman–Crippen LogP) is 3.21. The van der Waals surface area contributed by atoms with Gasteiger partial charge in [-0.3, -0.25) is 9.59 Å². The SMILES string of the molecule is COc1ccccc1CN(CCC(=O)Nc1ccc(F)cc1)C(C)=O. The molecule has 25 heavy (non-hydrogen) atoms. The van der Waals surface area contributed by atoms with Gasteiger partial charge in [-0.15, -0.1) is 0 Å². The van der Waals surface area contributed by atoms with Crippen molar-refractivity contribution in [3.05, 3.63) is 59.9 Å². The van der Waals surface area contributed by atoms with Crippen molar-refractivity contribution in [3.8, 4) is 5.75 Å². The average Bonchev–Trinajstić information content (AvgIpc) is 2.60. The van der Waals surface area contributed by atoms with E-state index in [0.717, 1.165) is 5.56 Å². The molecule has 1 N–H and O–H groups in total. The highest BCUT2D eigenvalue weighted by atomic mass is 19.1. The number of hydrogen-bond acceptors (Lipinski definition) is 3. The minimum absolute atomic E-state index is 0.125. The van der Waals surface area contributed by atoms with Gasteiger partial charge in [-0.05, 0) is 30.3 Å². The highest BCUT2D eigenvalue weighted by Gasteiger charge is 2.14. The molecule has 0 aliphatic rings. The monoisotopic (exact) mass is 344 g/mol. The minimum Gasteiger partial charge on any atom is -0.496 e. The zero-order valence-corrected chi connectivity index (χ0v) is 14.3. The summed E-state index contributed by atoms with van der Waals surface area (Å²) >= 11 is 0. The van der Waals surface area contributed by atoms with Crippen LogP contribution in [-0.2, 0) is 16.1 Å². The number of ether oxygens (including phenoxy) is 1. The number of nitrogens with one attached hydrogen (secondary N) is 1. The molecule has 0 unspecified atom stereocenters. The van der Waals surface area contributed by atoms with Gasteiger partial charge in [-0.2, -0.15) is 0 Å². The minimum atomic E-state index is -0.363. The number of carbonyl (C=O) groups excluding carboxylic acids is 2. The largest absolute Gasteiger partial charge is 0.496 e. The zero-order valence-electron chi connectivity index (χ0n) is 14.3. The lowest BCUT2D eigenvalue weighted by Gasteiger charge is -2.22. The molecule has 0 aliphatic carbocycles. The van der Waals surface area contributed by atoms with Gasteiger partial charge in [0.15, 0.2) is 0 Å². The van der Waals surface area contributed by atoms with Crippen LogP contribution in [0.3, 0.4) is 0 Å². The Balaban J connectivity index is 1.94. The number of para-hydroxylation sites is 1. The van der Waals surface area contributed by atoms with E-state index in [4.69, 9.17) is 4.74 Å². The molecule has 0 aromatic heterocycles. The van der Waals surface area contributed by atoms with E-state index >= 15 is 0 Å². The highest BCUT2D eigenvalue weighted by molar-refractivity contribution is 5.91. The summed E-state index contributed by atoms with van der Waals surface area (Å²) in [6, 6.07) is 13.0. The van der Waals surface area contributed by atoms with Gasteiger partial charge in [-0.1, -0.05) is 18.2 Å². The quantitative estimate of drug-likeness (QED) is 0.839. The Bertz CT molecular complexity index is 732. The molecular formula is C19H21FN2O3. The molecule has 0 radical (unpaired) electrons. The van der Waals surface area contributed by atoms with Crippen LogP contribution in [-0.4, -0.2) is 30.4 Å². The van der Waals surface area contributed by atoms with Crippen molar-refractivity contribution in [2.45, 2.75) is 19.9 Å². The van der Waals surface area contributed by atoms with Crippen molar-refractivity contribution >= 4 is 17.5 Å². The van der Waals surface area contributed by atoms with Crippen molar-refractivity contribution in [2.24, 2.45) is 0 Å². The van der Waals surface area contributed by atoms with Crippen LogP contribution >= 0.6 is 0 Å². The average molecular weight is 344 g/mol. The van der Waals surface area contributed by atoms with Crippen molar-refractivity contribution in [2.75, 3.05) is 19.0 Å². The summed E-state index contributed by atoms with van der Waals surface area (Å²) in [5, 5.41) is 2.68. The number of hydrogen-bond donors (Lipinski definition) is 1. The summed E-state index contributed by atoms with van der Waals surface area (Å²) in [7, 11) is 1.58. The van der Waals surface area contributed by atoms with Gasteiger partial charge in [-0.25, -0.2) is 4.39 Å². The lowest BCUT2D eigenvalue weighted by atomic mass is 10.2. The summed E-state index contributed by atoms with van der Waals surface area (Å²) in [5.41, 5.74) is 1.39. The molecule has 2 aromatic carbocycles. The lowest BCUT2D eigenvalue weighted by Crippen LogP contribution is -2.31. The van der Waals surface area contributed by atoms with Crippen LogP contribution in [0.2, 0.25) is 0 Å². The fourth-order valence-corrected chi connectivity index (χ4v) is 2.38. The second-order valence-corrected chi connectivity index (χ2v) is 5.56. The highest BCUT2D eigenvalue weighted by Crippen LogP contribution is 2.19.